The summed E-state index contributed by atoms with van der Waals surface area (Å²) in [4.78, 5) is 14.8. The Labute approximate surface area is 115 Å². The van der Waals surface area contributed by atoms with Gasteiger partial charge in [0, 0.05) is 10.9 Å². The zero-order valence-electron chi connectivity index (χ0n) is 10.3. The Morgan fingerprint density at radius 2 is 1.78 bits per heavy atom. The Morgan fingerprint density at radius 3 is 2.39 bits per heavy atom. The third kappa shape index (κ3) is 2.79. The van der Waals surface area contributed by atoms with Crippen LogP contribution in [0.25, 0.3) is 10.9 Å². The first-order valence-electron chi connectivity index (χ1n) is 5.47. The van der Waals surface area contributed by atoms with Crippen molar-refractivity contribution in [2.45, 2.75) is 26.4 Å². The summed E-state index contributed by atoms with van der Waals surface area (Å²) in [5.41, 5.74) is 0.618. The average Bonchev–Trinajstić information content (AvgIpc) is 2.59. The Morgan fingerprint density at radius 1 is 1.17 bits per heavy atom. The molecule has 2 rings (SSSR count). The van der Waals surface area contributed by atoms with Gasteiger partial charge < -0.3 is 9.72 Å². The number of aromatic amines is 1. The van der Waals surface area contributed by atoms with Crippen molar-refractivity contribution in [1.82, 2.24) is 4.98 Å². The van der Waals surface area contributed by atoms with Gasteiger partial charge in [0.25, 0.3) is 0 Å². The summed E-state index contributed by atoms with van der Waals surface area (Å²) in [5, 5.41) is 1.73. The lowest BCUT2D eigenvalue weighted by Crippen LogP contribution is -2.24. The van der Waals surface area contributed by atoms with Gasteiger partial charge in [-0.1, -0.05) is 23.2 Å². The van der Waals surface area contributed by atoms with Gasteiger partial charge in [0.15, 0.2) is 0 Å². The summed E-state index contributed by atoms with van der Waals surface area (Å²) in [6, 6.07) is 5.10. The zero-order chi connectivity index (χ0) is 13.5. The second-order valence-corrected chi connectivity index (χ2v) is 5.85. The lowest BCUT2D eigenvalue weighted by molar-refractivity contribution is 0.00639. The fraction of sp³-hybridized carbons (Fsp3) is 0.308. The van der Waals surface area contributed by atoms with E-state index in [1.807, 2.05) is 20.8 Å². The first-order chi connectivity index (χ1) is 8.26. The van der Waals surface area contributed by atoms with Crippen molar-refractivity contribution in [2.75, 3.05) is 0 Å². The lowest BCUT2D eigenvalue weighted by atomic mass is 10.2. The van der Waals surface area contributed by atoms with Crippen molar-refractivity contribution < 1.29 is 9.53 Å². The number of carbonyl (C=O) groups is 1. The molecule has 0 unspecified atom stereocenters. The van der Waals surface area contributed by atoms with E-state index in [0.29, 0.717) is 15.7 Å². The predicted octanol–water partition coefficient (Wildman–Crippen LogP) is 4.43. The van der Waals surface area contributed by atoms with Crippen LogP contribution >= 0.6 is 23.2 Å². The SMILES string of the molecule is CC(C)(C)OC(=O)c1cc2cc(Cl)c(Cl)cc2[nH]1. The van der Waals surface area contributed by atoms with Crippen LogP contribution in [0.1, 0.15) is 31.3 Å². The van der Waals surface area contributed by atoms with E-state index in [-0.39, 0.29) is 0 Å². The predicted molar refractivity (Wildman–Crippen MR) is 73.5 cm³/mol. The molecule has 0 radical (unpaired) electrons. The van der Waals surface area contributed by atoms with E-state index in [1.54, 1.807) is 18.2 Å². The van der Waals surface area contributed by atoms with Crippen LogP contribution in [-0.4, -0.2) is 16.6 Å². The van der Waals surface area contributed by atoms with Gasteiger partial charge in [-0.2, -0.15) is 0 Å². The van der Waals surface area contributed by atoms with Gasteiger partial charge in [-0.25, -0.2) is 4.79 Å². The Hall–Kier alpha value is -1.19. The molecule has 0 bridgehead atoms. The first kappa shape index (κ1) is 13.2. The molecule has 96 valence electrons. The molecule has 2 aromatic rings. The maximum atomic E-state index is 11.9. The molecule has 5 heteroatoms. The van der Waals surface area contributed by atoms with Gasteiger partial charge in [0.2, 0.25) is 0 Å². The molecule has 0 aliphatic heterocycles. The van der Waals surface area contributed by atoms with Crippen molar-refractivity contribution in [1.29, 1.82) is 0 Å². The van der Waals surface area contributed by atoms with E-state index in [4.69, 9.17) is 27.9 Å². The molecule has 0 fully saturated rings. The summed E-state index contributed by atoms with van der Waals surface area (Å²) in [6.07, 6.45) is 0. The average molecular weight is 286 g/mol. The van der Waals surface area contributed by atoms with Crippen molar-refractivity contribution in [3.8, 4) is 0 Å². The summed E-state index contributed by atoms with van der Waals surface area (Å²) in [5.74, 6) is -0.397. The van der Waals surface area contributed by atoms with Gasteiger partial charge in [-0.3, -0.25) is 0 Å². The highest BCUT2D eigenvalue weighted by Gasteiger charge is 2.19. The molecule has 0 spiro atoms. The number of nitrogens with one attached hydrogen (secondary N) is 1. The third-order valence-electron chi connectivity index (χ3n) is 2.28. The van der Waals surface area contributed by atoms with Crippen molar-refractivity contribution in [2.24, 2.45) is 0 Å². The highest BCUT2D eigenvalue weighted by atomic mass is 35.5. The summed E-state index contributed by atoms with van der Waals surface area (Å²) >= 11 is 11.8. The summed E-state index contributed by atoms with van der Waals surface area (Å²) in [7, 11) is 0. The number of benzene rings is 1. The Kier molecular flexibility index (Phi) is 3.30. The molecule has 18 heavy (non-hydrogen) atoms. The second-order valence-electron chi connectivity index (χ2n) is 5.04. The van der Waals surface area contributed by atoms with Crippen molar-refractivity contribution >= 4 is 40.1 Å². The number of hydrogen-bond donors (Lipinski definition) is 1. The Bertz CT molecular complexity index is 572. The number of aromatic nitrogens is 1. The van der Waals surface area contributed by atoms with E-state index < -0.39 is 11.6 Å². The van der Waals surface area contributed by atoms with E-state index >= 15 is 0 Å². The van der Waals surface area contributed by atoms with Crippen molar-refractivity contribution in [3.63, 3.8) is 0 Å². The van der Waals surface area contributed by atoms with Crippen LogP contribution in [0.15, 0.2) is 18.2 Å². The molecule has 1 aromatic carbocycles. The van der Waals surface area contributed by atoms with Crippen LogP contribution in [0.3, 0.4) is 0 Å². The molecule has 0 aliphatic rings. The quantitative estimate of drug-likeness (QED) is 0.788. The first-order valence-corrected chi connectivity index (χ1v) is 6.23. The van der Waals surface area contributed by atoms with Crippen LogP contribution in [0.2, 0.25) is 10.0 Å². The van der Waals surface area contributed by atoms with Crippen LogP contribution in [0, 0.1) is 0 Å². The third-order valence-corrected chi connectivity index (χ3v) is 3.00. The molecule has 0 amide bonds. The van der Waals surface area contributed by atoms with Gasteiger partial charge in [0.1, 0.15) is 11.3 Å². The van der Waals surface area contributed by atoms with Gasteiger partial charge in [0.05, 0.1) is 10.0 Å². The van der Waals surface area contributed by atoms with Crippen LogP contribution < -0.4 is 0 Å². The standard InChI is InChI=1S/C13H13Cl2NO2/c1-13(2,3)18-12(17)11-5-7-4-8(14)9(15)6-10(7)16-11/h4-6,16H,1-3H3. The number of ether oxygens (including phenoxy) is 1. The fourth-order valence-corrected chi connectivity index (χ4v) is 1.91. The normalized spacial score (nSPS) is 11.8. The number of halogens is 2. The minimum absolute atomic E-state index is 0.387. The molecule has 0 atom stereocenters. The molecule has 3 nitrogen and oxygen atoms in total. The number of fused-ring (bicyclic) bond motifs is 1. The van der Waals surface area contributed by atoms with Gasteiger partial charge in [-0.15, -0.1) is 0 Å². The molecule has 1 aromatic heterocycles. The van der Waals surface area contributed by atoms with Crippen LogP contribution in [0.4, 0.5) is 0 Å². The molecule has 1 heterocycles. The van der Waals surface area contributed by atoms with E-state index in [0.717, 1.165) is 10.9 Å². The van der Waals surface area contributed by atoms with E-state index in [2.05, 4.69) is 4.98 Å². The van der Waals surface area contributed by atoms with Gasteiger partial charge in [-0.05, 0) is 39.0 Å². The maximum Gasteiger partial charge on any atom is 0.355 e. The largest absolute Gasteiger partial charge is 0.455 e. The minimum atomic E-state index is -0.524. The minimum Gasteiger partial charge on any atom is -0.455 e. The smallest absolute Gasteiger partial charge is 0.355 e. The molecular formula is C13H13Cl2NO2. The number of esters is 1. The number of carbonyl (C=O) groups excluding carboxylic acids is 1. The second kappa shape index (κ2) is 4.48. The van der Waals surface area contributed by atoms with Crippen LogP contribution in [0.5, 0.6) is 0 Å². The van der Waals surface area contributed by atoms with Gasteiger partial charge >= 0.3 is 5.97 Å². The topological polar surface area (TPSA) is 42.1 Å². The monoisotopic (exact) mass is 285 g/mol. The summed E-state index contributed by atoms with van der Waals surface area (Å²) in [6.45, 7) is 5.46. The molecule has 0 saturated heterocycles. The molecular weight excluding hydrogens is 273 g/mol. The zero-order valence-corrected chi connectivity index (χ0v) is 11.8. The van der Waals surface area contributed by atoms with E-state index in [1.165, 1.54) is 0 Å². The number of rotatable bonds is 1. The fourth-order valence-electron chi connectivity index (χ4n) is 1.57. The van der Waals surface area contributed by atoms with Crippen LogP contribution in [-0.2, 0) is 4.74 Å². The molecule has 0 saturated carbocycles. The van der Waals surface area contributed by atoms with Crippen molar-refractivity contribution in [3.05, 3.63) is 33.9 Å². The lowest BCUT2D eigenvalue weighted by Gasteiger charge is -2.18. The van der Waals surface area contributed by atoms with E-state index in [9.17, 15) is 4.79 Å². The highest BCUT2D eigenvalue weighted by molar-refractivity contribution is 6.42. The molecule has 0 aliphatic carbocycles. The number of hydrogen-bond acceptors (Lipinski definition) is 2. The molecule has 1 N–H and O–H groups in total. The Balaban J connectivity index is 2.39. The summed E-state index contributed by atoms with van der Waals surface area (Å²) < 4.78 is 5.28. The highest BCUT2D eigenvalue weighted by Crippen LogP contribution is 2.28. The maximum absolute atomic E-state index is 11.9. The number of H-pyrrole nitrogens is 1.